The van der Waals surface area contributed by atoms with Crippen molar-refractivity contribution in [3.05, 3.63) is 0 Å². The van der Waals surface area contributed by atoms with E-state index in [2.05, 4.69) is 0 Å². The average molecular weight is 334 g/mol. The van der Waals surface area contributed by atoms with Gasteiger partial charge >= 0.3 is 17.9 Å². The molecule has 0 bridgehead atoms. The first-order valence-electron chi connectivity index (χ1n) is 6.99. The lowest BCUT2D eigenvalue weighted by Gasteiger charge is -2.43. The Labute approximate surface area is 134 Å². The Kier molecular flexibility index (Phi) is 7.40. The minimum Gasteiger partial charge on any atom is -0.456 e. The molecule has 1 fully saturated rings. The van der Waals surface area contributed by atoms with E-state index in [-0.39, 0.29) is 6.61 Å². The first kappa shape index (κ1) is 19.3. The smallest absolute Gasteiger partial charge is 0.303 e. The fraction of sp³-hybridized carbons (Fsp3) is 0.786. The van der Waals surface area contributed by atoms with Crippen LogP contribution in [-0.4, -0.2) is 69.4 Å². The molecule has 0 aromatic rings. The number of hydrogen-bond donors (Lipinski definition) is 0. The van der Waals surface area contributed by atoms with Crippen LogP contribution in [0.2, 0.25) is 0 Å². The molecule has 23 heavy (non-hydrogen) atoms. The molecule has 0 saturated carbocycles. The summed E-state index contributed by atoms with van der Waals surface area (Å²) in [5.74, 6) is -1.85. The highest BCUT2D eigenvalue weighted by molar-refractivity contribution is 5.68. The predicted molar refractivity (Wildman–Crippen MR) is 74.2 cm³/mol. The number of carbonyl (C=O) groups is 3. The highest BCUT2D eigenvalue weighted by Crippen LogP contribution is 2.29. The normalized spacial score (nSPS) is 30.4. The van der Waals surface area contributed by atoms with Gasteiger partial charge < -0.3 is 28.4 Å². The molecule has 0 amide bonds. The van der Waals surface area contributed by atoms with Crippen LogP contribution in [0.25, 0.3) is 0 Å². The van der Waals surface area contributed by atoms with Gasteiger partial charge in [0.15, 0.2) is 24.6 Å². The predicted octanol–water partition coefficient (Wildman–Crippen LogP) is -0.201. The van der Waals surface area contributed by atoms with Gasteiger partial charge in [0.1, 0.15) is 6.10 Å². The second kappa shape index (κ2) is 8.80. The van der Waals surface area contributed by atoms with Crippen LogP contribution in [0.3, 0.4) is 0 Å². The van der Waals surface area contributed by atoms with Gasteiger partial charge in [0, 0.05) is 35.0 Å². The van der Waals surface area contributed by atoms with Crippen LogP contribution in [0, 0.1) is 0 Å². The van der Waals surface area contributed by atoms with Gasteiger partial charge in [-0.15, -0.1) is 0 Å². The van der Waals surface area contributed by atoms with E-state index in [4.69, 9.17) is 28.4 Å². The molecule has 5 atom stereocenters. The molecule has 0 aliphatic carbocycles. The Morgan fingerprint density at radius 3 is 1.74 bits per heavy atom. The standard InChI is InChI=1S/C14H22O9/c1-7(15)20-11-10(6-18-4)23-14(19-5)13(22-9(3)17)12(11)21-8(2)16/h10-14H,6H2,1-5H3. The highest BCUT2D eigenvalue weighted by atomic mass is 16.7. The van der Waals surface area contributed by atoms with Gasteiger partial charge in [0.25, 0.3) is 0 Å². The highest BCUT2D eigenvalue weighted by Gasteiger charge is 2.52. The molecule has 1 aliphatic heterocycles. The van der Waals surface area contributed by atoms with Crippen LogP contribution in [0.1, 0.15) is 20.8 Å². The Bertz CT molecular complexity index is 436. The van der Waals surface area contributed by atoms with Crippen LogP contribution in [0.15, 0.2) is 0 Å². The molecule has 9 heteroatoms. The van der Waals surface area contributed by atoms with E-state index < -0.39 is 48.6 Å². The zero-order chi connectivity index (χ0) is 17.6. The molecular weight excluding hydrogens is 312 g/mol. The van der Waals surface area contributed by atoms with E-state index in [0.29, 0.717) is 0 Å². The van der Waals surface area contributed by atoms with Crippen molar-refractivity contribution in [2.45, 2.75) is 51.5 Å². The molecule has 1 aliphatic rings. The molecular formula is C14H22O9. The first-order chi connectivity index (χ1) is 10.8. The molecule has 0 N–H and O–H groups in total. The second-order valence-corrected chi connectivity index (χ2v) is 4.96. The minimum atomic E-state index is -1.08. The topological polar surface area (TPSA) is 107 Å². The Balaban J connectivity index is 3.16. The number of hydrogen-bond acceptors (Lipinski definition) is 9. The van der Waals surface area contributed by atoms with E-state index >= 15 is 0 Å². The third-order valence-corrected chi connectivity index (χ3v) is 3.06. The maximum atomic E-state index is 11.4. The Hall–Kier alpha value is -1.71. The second-order valence-electron chi connectivity index (χ2n) is 4.96. The first-order valence-corrected chi connectivity index (χ1v) is 6.99. The van der Waals surface area contributed by atoms with Crippen LogP contribution >= 0.6 is 0 Å². The van der Waals surface area contributed by atoms with Crippen molar-refractivity contribution in [1.29, 1.82) is 0 Å². The summed E-state index contributed by atoms with van der Waals surface area (Å²) >= 11 is 0. The lowest BCUT2D eigenvalue weighted by Crippen LogP contribution is -2.62. The average Bonchev–Trinajstić information content (AvgIpc) is 2.43. The largest absolute Gasteiger partial charge is 0.456 e. The number of esters is 3. The molecule has 0 aromatic carbocycles. The number of methoxy groups -OCH3 is 2. The molecule has 0 aromatic heterocycles. The summed E-state index contributed by atoms with van der Waals surface area (Å²) in [4.78, 5) is 34.1. The summed E-state index contributed by atoms with van der Waals surface area (Å²) in [5, 5.41) is 0. The zero-order valence-electron chi connectivity index (χ0n) is 13.8. The van der Waals surface area contributed by atoms with E-state index in [9.17, 15) is 14.4 Å². The summed E-state index contributed by atoms with van der Waals surface area (Å²) in [6, 6.07) is 0. The Morgan fingerprint density at radius 1 is 0.826 bits per heavy atom. The molecule has 1 heterocycles. The van der Waals surface area contributed by atoms with E-state index in [1.807, 2.05) is 0 Å². The van der Waals surface area contributed by atoms with Crippen LogP contribution < -0.4 is 0 Å². The quantitative estimate of drug-likeness (QED) is 0.482. The lowest BCUT2D eigenvalue weighted by atomic mass is 9.98. The van der Waals surface area contributed by atoms with Gasteiger partial charge in [-0.25, -0.2) is 0 Å². The van der Waals surface area contributed by atoms with Crippen molar-refractivity contribution >= 4 is 17.9 Å². The molecule has 1 rings (SSSR count). The number of ether oxygens (including phenoxy) is 6. The summed E-state index contributed by atoms with van der Waals surface area (Å²) in [6.07, 6.45) is -4.94. The van der Waals surface area contributed by atoms with Crippen molar-refractivity contribution < 1.29 is 42.8 Å². The maximum absolute atomic E-state index is 11.4. The fourth-order valence-corrected chi connectivity index (χ4v) is 2.34. The van der Waals surface area contributed by atoms with Gasteiger partial charge in [-0.1, -0.05) is 0 Å². The third kappa shape index (κ3) is 5.45. The molecule has 0 spiro atoms. The SMILES string of the molecule is COCC1OC(OC)C(OC(C)=O)C(OC(C)=O)C1OC(C)=O. The monoisotopic (exact) mass is 334 g/mol. The fourth-order valence-electron chi connectivity index (χ4n) is 2.34. The zero-order valence-corrected chi connectivity index (χ0v) is 13.8. The van der Waals surface area contributed by atoms with Gasteiger partial charge in [0.2, 0.25) is 0 Å². The Morgan fingerprint density at radius 2 is 1.30 bits per heavy atom. The van der Waals surface area contributed by atoms with Gasteiger partial charge in [-0.2, -0.15) is 0 Å². The minimum absolute atomic E-state index is 0.0579. The van der Waals surface area contributed by atoms with Crippen LogP contribution in [0.5, 0.6) is 0 Å². The van der Waals surface area contributed by atoms with Crippen LogP contribution in [-0.2, 0) is 42.8 Å². The number of carbonyl (C=O) groups excluding carboxylic acids is 3. The van der Waals surface area contributed by atoms with E-state index in [1.165, 1.54) is 35.0 Å². The van der Waals surface area contributed by atoms with Gasteiger partial charge in [-0.05, 0) is 0 Å². The molecule has 0 radical (unpaired) electrons. The molecule has 132 valence electrons. The van der Waals surface area contributed by atoms with Crippen molar-refractivity contribution in [1.82, 2.24) is 0 Å². The van der Waals surface area contributed by atoms with E-state index in [0.717, 1.165) is 0 Å². The molecule has 5 unspecified atom stereocenters. The summed E-state index contributed by atoms with van der Waals surface area (Å²) < 4.78 is 31.4. The van der Waals surface area contributed by atoms with Gasteiger partial charge in [-0.3, -0.25) is 14.4 Å². The molecule has 9 nitrogen and oxygen atoms in total. The number of rotatable bonds is 6. The lowest BCUT2D eigenvalue weighted by molar-refractivity contribution is -0.302. The summed E-state index contributed by atoms with van der Waals surface area (Å²) in [5.41, 5.74) is 0. The third-order valence-electron chi connectivity index (χ3n) is 3.06. The van der Waals surface area contributed by atoms with Crippen molar-refractivity contribution in [3.63, 3.8) is 0 Å². The summed E-state index contributed by atoms with van der Waals surface area (Å²) in [6.45, 7) is 3.65. The van der Waals surface area contributed by atoms with Crippen molar-refractivity contribution in [2.24, 2.45) is 0 Å². The van der Waals surface area contributed by atoms with Gasteiger partial charge in [0.05, 0.1) is 6.61 Å². The van der Waals surface area contributed by atoms with Crippen molar-refractivity contribution in [2.75, 3.05) is 20.8 Å². The van der Waals surface area contributed by atoms with Crippen LogP contribution in [0.4, 0.5) is 0 Å². The van der Waals surface area contributed by atoms with E-state index in [1.54, 1.807) is 0 Å². The van der Waals surface area contributed by atoms with Crippen molar-refractivity contribution in [3.8, 4) is 0 Å². The molecule has 1 saturated heterocycles. The summed E-state index contributed by atoms with van der Waals surface area (Å²) in [7, 11) is 2.79. The maximum Gasteiger partial charge on any atom is 0.303 e.